The molecule has 1 aromatic carbocycles. The highest BCUT2D eigenvalue weighted by atomic mass is 19.4. The van der Waals surface area contributed by atoms with Crippen LogP contribution in [-0.2, 0) is 17.5 Å². The average molecular weight is 372 g/mol. The second kappa shape index (κ2) is 9.78. The first-order valence-electron chi connectivity index (χ1n) is 8.77. The molecule has 0 aromatic heterocycles. The second-order valence-corrected chi connectivity index (χ2v) is 6.33. The van der Waals surface area contributed by atoms with Crippen LogP contribution in [0.4, 0.5) is 13.2 Å². The van der Waals surface area contributed by atoms with Crippen molar-refractivity contribution < 1.29 is 17.9 Å². The molecule has 1 fully saturated rings. The van der Waals surface area contributed by atoms with Crippen LogP contribution in [0.1, 0.15) is 24.0 Å². The molecule has 0 saturated carbocycles. The van der Waals surface area contributed by atoms with E-state index >= 15 is 0 Å². The van der Waals surface area contributed by atoms with Crippen LogP contribution in [-0.4, -0.2) is 57.3 Å². The first-order valence-corrected chi connectivity index (χ1v) is 8.77. The van der Waals surface area contributed by atoms with Gasteiger partial charge >= 0.3 is 6.18 Å². The number of rotatable bonds is 7. The van der Waals surface area contributed by atoms with E-state index in [2.05, 4.69) is 20.5 Å². The van der Waals surface area contributed by atoms with E-state index in [1.54, 1.807) is 14.2 Å². The number of halogens is 3. The minimum absolute atomic E-state index is 0.413. The number of benzene rings is 1. The number of likely N-dealkylation sites (tertiary alicyclic amines) is 1. The maximum atomic E-state index is 12.6. The number of hydrogen-bond acceptors (Lipinski definition) is 3. The lowest BCUT2D eigenvalue weighted by atomic mass is 10.1. The van der Waals surface area contributed by atoms with E-state index in [1.807, 2.05) is 0 Å². The van der Waals surface area contributed by atoms with E-state index in [9.17, 15) is 13.2 Å². The van der Waals surface area contributed by atoms with Crippen molar-refractivity contribution in [2.45, 2.75) is 31.6 Å². The van der Waals surface area contributed by atoms with E-state index in [1.165, 1.54) is 18.6 Å². The Morgan fingerprint density at radius 1 is 1.27 bits per heavy atom. The third-order valence-corrected chi connectivity index (χ3v) is 4.55. The Bertz CT molecular complexity index is 575. The summed E-state index contributed by atoms with van der Waals surface area (Å²) in [5, 5.41) is 6.44. The molecule has 1 aliphatic heterocycles. The Balaban J connectivity index is 1.79. The van der Waals surface area contributed by atoms with Crippen molar-refractivity contribution in [3.05, 3.63) is 35.4 Å². The van der Waals surface area contributed by atoms with Gasteiger partial charge in [0, 0.05) is 39.8 Å². The summed E-state index contributed by atoms with van der Waals surface area (Å²) in [4.78, 5) is 6.58. The van der Waals surface area contributed by atoms with Gasteiger partial charge in [0.05, 0.1) is 12.2 Å². The van der Waals surface area contributed by atoms with Gasteiger partial charge in [-0.15, -0.1) is 0 Å². The number of hydrogen-bond donors (Lipinski definition) is 2. The number of aliphatic imine (C=N–C) groups is 1. The number of methoxy groups -OCH3 is 1. The quantitative estimate of drug-likeness (QED) is 0.570. The van der Waals surface area contributed by atoms with E-state index in [0.717, 1.165) is 50.4 Å². The van der Waals surface area contributed by atoms with E-state index in [0.29, 0.717) is 18.5 Å². The number of nitrogens with one attached hydrogen (secondary N) is 2. The van der Waals surface area contributed by atoms with Gasteiger partial charge in [-0.25, -0.2) is 0 Å². The van der Waals surface area contributed by atoms with Crippen LogP contribution in [0.25, 0.3) is 0 Å². The molecule has 1 unspecified atom stereocenters. The Morgan fingerprint density at radius 3 is 2.62 bits per heavy atom. The molecule has 5 nitrogen and oxygen atoms in total. The molecule has 0 radical (unpaired) electrons. The highest BCUT2D eigenvalue weighted by Gasteiger charge is 2.29. The van der Waals surface area contributed by atoms with Crippen molar-refractivity contribution in [3.63, 3.8) is 0 Å². The molecule has 1 aromatic rings. The normalized spacial score (nSPS) is 19.0. The summed E-state index contributed by atoms with van der Waals surface area (Å²) in [7, 11) is 3.38. The van der Waals surface area contributed by atoms with Crippen LogP contribution < -0.4 is 10.6 Å². The van der Waals surface area contributed by atoms with Gasteiger partial charge in [-0.3, -0.25) is 9.89 Å². The van der Waals surface area contributed by atoms with Crippen LogP contribution in [0, 0.1) is 0 Å². The highest BCUT2D eigenvalue weighted by molar-refractivity contribution is 5.79. The zero-order valence-corrected chi connectivity index (χ0v) is 15.3. The van der Waals surface area contributed by atoms with Gasteiger partial charge in [-0.1, -0.05) is 12.1 Å². The molecule has 1 saturated heterocycles. The lowest BCUT2D eigenvalue weighted by Gasteiger charge is -2.25. The van der Waals surface area contributed by atoms with Gasteiger partial charge in [0.2, 0.25) is 0 Å². The third kappa shape index (κ3) is 6.17. The molecule has 1 aliphatic rings. The van der Waals surface area contributed by atoms with Crippen LogP contribution in [0.2, 0.25) is 0 Å². The van der Waals surface area contributed by atoms with Crippen LogP contribution in [0.3, 0.4) is 0 Å². The molecule has 1 heterocycles. The number of ether oxygens (including phenoxy) is 1. The third-order valence-electron chi connectivity index (χ3n) is 4.55. The van der Waals surface area contributed by atoms with Crippen LogP contribution >= 0.6 is 0 Å². The summed E-state index contributed by atoms with van der Waals surface area (Å²) in [6.07, 6.45) is -2.00. The first-order chi connectivity index (χ1) is 12.4. The Morgan fingerprint density at radius 2 is 2.00 bits per heavy atom. The second-order valence-electron chi connectivity index (χ2n) is 6.33. The Kier molecular flexibility index (Phi) is 7.71. The van der Waals surface area contributed by atoms with Crippen LogP contribution in [0.15, 0.2) is 29.3 Å². The SMILES string of the molecule is CN=C(NCc1ccc(C(F)(F)F)cc1)NCC1CCCN1CCOC. The maximum Gasteiger partial charge on any atom is 0.416 e. The van der Waals surface area contributed by atoms with Gasteiger partial charge in [-0.2, -0.15) is 13.2 Å². The molecule has 146 valence electrons. The summed E-state index contributed by atoms with van der Waals surface area (Å²) in [6.45, 7) is 3.90. The Hall–Kier alpha value is -1.80. The monoisotopic (exact) mass is 372 g/mol. The predicted molar refractivity (Wildman–Crippen MR) is 96.1 cm³/mol. The summed E-state index contributed by atoms with van der Waals surface area (Å²) in [5.74, 6) is 0.642. The van der Waals surface area contributed by atoms with Crippen molar-refractivity contribution in [3.8, 4) is 0 Å². The van der Waals surface area contributed by atoms with Gasteiger partial charge in [0.25, 0.3) is 0 Å². The van der Waals surface area contributed by atoms with E-state index in [-0.39, 0.29) is 0 Å². The van der Waals surface area contributed by atoms with Gasteiger partial charge in [-0.05, 0) is 37.1 Å². The summed E-state index contributed by atoms with van der Waals surface area (Å²) >= 11 is 0. The number of nitrogens with zero attached hydrogens (tertiary/aromatic N) is 2. The molecule has 8 heteroatoms. The minimum atomic E-state index is -4.31. The number of alkyl halides is 3. The molecule has 2 N–H and O–H groups in total. The van der Waals surface area contributed by atoms with E-state index in [4.69, 9.17) is 4.74 Å². The topological polar surface area (TPSA) is 48.9 Å². The maximum absolute atomic E-state index is 12.6. The fourth-order valence-corrected chi connectivity index (χ4v) is 3.06. The predicted octanol–water partition coefficient (Wildman–Crippen LogP) is 2.48. The van der Waals surface area contributed by atoms with Crippen molar-refractivity contribution in [1.82, 2.24) is 15.5 Å². The lowest BCUT2D eigenvalue weighted by molar-refractivity contribution is -0.137. The van der Waals surface area contributed by atoms with Crippen LogP contribution in [0.5, 0.6) is 0 Å². The molecule has 0 amide bonds. The molecule has 26 heavy (non-hydrogen) atoms. The fourth-order valence-electron chi connectivity index (χ4n) is 3.06. The molecule has 1 atom stereocenters. The van der Waals surface area contributed by atoms with Gasteiger partial charge < -0.3 is 15.4 Å². The van der Waals surface area contributed by atoms with Crippen molar-refractivity contribution in [1.29, 1.82) is 0 Å². The molecule has 2 rings (SSSR count). The molecule has 0 spiro atoms. The molecular formula is C18H27F3N4O. The minimum Gasteiger partial charge on any atom is -0.383 e. The standard InChI is InChI=1S/C18H27F3N4O/c1-22-17(24-13-16-4-3-9-25(16)10-11-26-2)23-12-14-5-7-15(8-6-14)18(19,20)21/h5-8,16H,3-4,9-13H2,1-2H3,(H2,22,23,24). The van der Waals surface area contributed by atoms with Crippen molar-refractivity contribution in [2.75, 3.05) is 40.4 Å². The molecule has 0 aliphatic carbocycles. The molecule has 0 bridgehead atoms. The summed E-state index contributed by atoms with van der Waals surface area (Å²) in [6, 6.07) is 5.59. The molecular weight excluding hydrogens is 345 g/mol. The lowest BCUT2D eigenvalue weighted by Crippen LogP contribution is -2.45. The summed E-state index contributed by atoms with van der Waals surface area (Å²) in [5.41, 5.74) is 0.129. The summed E-state index contributed by atoms with van der Waals surface area (Å²) < 4.78 is 42.9. The smallest absolute Gasteiger partial charge is 0.383 e. The van der Waals surface area contributed by atoms with Crippen molar-refractivity contribution >= 4 is 5.96 Å². The van der Waals surface area contributed by atoms with Gasteiger partial charge in [0.1, 0.15) is 0 Å². The zero-order valence-electron chi connectivity index (χ0n) is 15.3. The van der Waals surface area contributed by atoms with E-state index < -0.39 is 11.7 Å². The Labute approximate surface area is 152 Å². The zero-order chi connectivity index (χ0) is 19.0. The average Bonchev–Trinajstić information content (AvgIpc) is 3.07. The first kappa shape index (κ1) is 20.5. The number of guanidine groups is 1. The van der Waals surface area contributed by atoms with Crippen molar-refractivity contribution in [2.24, 2.45) is 4.99 Å². The highest BCUT2D eigenvalue weighted by Crippen LogP contribution is 2.29. The fraction of sp³-hybridized carbons (Fsp3) is 0.611. The van der Waals surface area contributed by atoms with Gasteiger partial charge in [0.15, 0.2) is 5.96 Å². The largest absolute Gasteiger partial charge is 0.416 e.